The Hall–Kier alpha value is -3.46. The number of nitrogens with one attached hydrogen (secondary N) is 2. The Balaban J connectivity index is 1.72. The van der Waals surface area contributed by atoms with E-state index in [1.165, 1.54) is 25.3 Å². The summed E-state index contributed by atoms with van der Waals surface area (Å²) in [5, 5.41) is 6.07. The van der Waals surface area contributed by atoms with Crippen LogP contribution in [-0.4, -0.2) is 15.9 Å². The Morgan fingerprint density at radius 3 is 2.43 bits per heavy atom. The Bertz CT molecular complexity index is 1070. The highest BCUT2D eigenvalue weighted by Gasteiger charge is 2.30. The highest BCUT2D eigenvalue weighted by atomic mass is 32.1. The summed E-state index contributed by atoms with van der Waals surface area (Å²) in [5.41, 5.74) is 0.773. The largest absolute Gasteiger partial charge is 0.437 e. The lowest BCUT2D eigenvalue weighted by atomic mass is 10.1. The van der Waals surface area contributed by atoms with Crippen LogP contribution in [0, 0.1) is 0 Å². The summed E-state index contributed by atoms with van der Waals surface area (Å²) in [4.78, 5) is 15.4. The zero-order valence-corrected chi connectivity index (χ0v) is 16.5. The van der Waals surface area contributed by atoms with Gasteiger partial charge in [-0.1, -0.05) is 6.07 Å². The predicted octanol–water partition coefficient (Wildman–Crippen LogP) is 5.90. The van der Waals surface area contributed by atoms with E-state index in [2.05, 4.69) is 15.6 Å². The number of alkyl halides is 3. The van der Waals surface area contributed by atoms with Gasteiger partial charge in [0, 0.05) is 17.4 Å². The average molecular weight is 431 g/mol. The molecule has 2 aromatic carbocycles. The maximum atomic E-state index is 12.9. The number of nitrogens with zero attached hydrogens (tertiary/aromatic N) is 1. The molecule has 5 nitrogen and oxygen atoms in total. The lowest BCUT2D eigenvalue weighted by Gasteiger charge is -2.14. The monoisotopic (exact) mass is 431 g/mol. The standard InChI is InChI=1S/C21H16F3N3O2S/c1-13(28)14-7-9-16(10-8-14)26-20(30)27-18-6-3-11-25-19(18)29-17-5-2-4-15(12-17)21(22,23)24/h2-12H,1H3,(H2,26,27,30). The molecule has 0 aliphatic carbocycles. The van der Waals surface area contributed by atoms with Crippen molar-refractivity contribution in [2.75, 3.05) is 10.6 Å². The van der Waals surface area contributed by atoms with Gasteiger partial charge in [0.15, 0.2) is 10.9 Å². The molecule has 0 saturated heterocycles. The topological polar surface area (TPSA) is 63.2 Å². The minimum atomic E-state index is -4.48. The van der Waals surface area contributed by atoms with Crippen LogP contribution in [0.15, 0.2) is 66.9 Å². The van der Waals surface area contributed by atoms with Gasteiger partial charge in [0.1, 0.15) is 11.4 Å². The molecule has 0 spiro atoms. The number of benzene rings is 2. The van der Waals surface area contributed by atoms with Gasteiger partial charge >= 0.3 is 6.18 Å². The molecule has 2 N–H and O–H groups in total. The number of carbonyl (C=O) groups excluding carboxylic acids is 1. The molecular formula is C21H16F3N3O2S. The summed E-state index contributed by atoms with van der Waals surface area (Å²) >= 11 is 5.28. The van der Waals surface area contributed by atoms with E-state index in [0.29, 0.717) is 16.9 Å². The number of hydrogen-bond donors (Lipinski definition) is 2. The van der Waals surface area contributed by atoms with Crippen molar-refractivity contribution >= 4 is 34.5 Å². The quantitative estimate of drug-likeness (QED) is 0.387. The van der Waals surface area contributed by atoms with E-state index in [4.69, 9.17) is 17.0 Å². The van der Waals surface area contributed by atoms with E-state index in [0.717, 1.165) is 12.1 Å². The first-order chi connectivity index (χ1) is 14.2. The van der Waals surface area contributed by atoms with Crippen molar-refractivity contribution < 1.29 is 22.7 Å². The maximum absolute atomic E-state index is 12.9. The number of hydrogen-bond acceptors (Lipinski definition) is 4. The van der Waals surface area contributed by atoms with Crippen LogP contribution in [0.3, 0.4) is 0 Å². The van der Waals surface area contributed by atoms with Gasteiger partial charge in [-0.15, -0.1) is 0 Å². The lowest BCUT2D eigenvalue weighted by molar-refractivity contribution is -0.137. The third-order valence-corrected chi connectivity index (χ3v) is 4.15. The van der Waals surface area contributed by atoms with Gasteiger partial charge in [-0.25, -0.2) is 4.98 Å². The number of rotatable bonds is 5. The zero-order chi connectivity index (χ0) is 21.7. The van der Waals surface area contributed by atoms with Crippen LogP contribution in [0.1, 0.15) is 22.8 Å². The molecule has 1 aromatic heterocycles. The van der Waals surface area contributed by atoms with Crippen LogP contribution in [-0.2, 0) is 6.18 Å². The molecule has 0 unspecified atom stereocenters. The molecule has 0 fully saturated rings. The van der Waals surface area contributed by atoms with Crippen LogP contribution >= 0.6 is 12.2 Å². The van der Waals surface area contributed by atoms with Crippen molar-refractivity contribution in [3.63, 3.8) is 0 Å². The fourth-order valence-corrected chi connectivity index (χ4v) is 2.72. The number of thiocarbonyl (C=S) groups is 1. The SMILES string of the molecule is CC(=O)c1ccc(NC(=S)Nc2cccnc2Oc2cccc(C(F)(F)F)c2)cc1. The Labute approximate surface area is 175 Å². The summed E-state index contributed by atoms with van der Waals surface area (Å²) in [6.45, 7) is 1.48. The Kier molecular flexibility index (Phi) is 6.31. The fraction of sp³-hybridized carbons (Fsp3) is 0.0952. The van der Waals surface area contributed by atoms with Crippen molar-refractivity contribution in [1.29, 1.82) is 0 Å². The van der Waals surface area contributed by atoms with Crippen molar-refractivity contribution in [1.82, 2.24) is 4.98 Å². The minimum absolute atomic E-state index is 0.00901. The molecule has 0 radical (unpaired) electrons. The summed E-state index contributed by atoms with van der Waals surface area (Å²) in [5.74, 6) is 0.00664. The third kappa shape index (κ3) is 5.54. The number of ether oxygens (including phenoxy) is 1. The molecule has 1 heterocycles. The molecule has 0 amide bonds. The Morgan fingerprint density at radius 2 is 1.77 bits per heavy atom. The highest BCUT2D eigenvalue weighted by molar-refractivity contribution is 7.80. The molecule has 30 heavy (non-hydrogen) atoms. The van der Waals surface area contributed by atoms with Crippen LogP contribution in [0.4, 0.5) is 24.5 Å². The number of halogens is 3. The Morgan fingerprint density at radius 1 is 1.03 bits per heavy atom. The van der Waals surface area contributed by atoms with Crippen LogP contribution in [0.2, 0.25) is 0 Å². The smallest absolute Gasteiger partial charge is 0.416 e. The number of anilines is 2. The van der Waals surface area contributed by atoms with Gasteiger partial charge in [0.05, 0.1) is 5.56 Å². The number of ketones is 1. The van der Waals surface area contributed by atoms with Crippen LogP contribution < -0.4 is 15.4 Å². The van der Waals surface area contributed by atoms with Gasteiger partial charge in [-0.3, -0.25) is 4.79 Å². The maximum Gasteiger partial charge on any atom is 0.416 e. The minimum Gasteiger partial charge on any atom is -0.437 e. The van der Waals surface area contributed by atoms with Crippen molar-refractivity contribution in [3.8, 4) is 11.6 Å². The van der Waals surface area contributed by atoms with E-state index in [1.54, 1.807) is 36.4 Å². The van der Waals surface area contributed by atoms with Gasteiger partial charge in [0.25, 0.3) is 0 Å². The second-order valence-electron chi connectivity index (χ2n) is 6.20. The van der Waals surface area contributed by atoms with E-state index in [9.17, 15) is 18.0 Å². The molecule has 154 valence electrons. The predicted molar refractivity (Wildman–Crippen MR) is 112 cm³/mol. The number of Topliss-reactive ketones (excluding diaryl/α,β-unsaturated/α-hetero) is 1. The second-order valence-corrected chi connectivity index (χ2v) is 6.60. The average Bonchev–Trinajstić information content (AvgIpc) is 2.69. The summed E-state index contributed by atoms with van der Waals surface area (Å²) < 4.78 is 44.3. The molecule has 3 aromatic rings. The molecule has 0 aliphatic rings. The molecule has 0 bridgehead atoms. The van der Waals surface area contributed by atoms with E-state index in [-0.39, 0.29) is 22.5 Å². The van der Waals surface area contributed by atoms with Crippen molar-refractivity contribution in [3.05, 3.63) is 78.0 Å². The third-order valence-electron chi connectivity index (χ3n) is 3.94. The molecule has 9 heteroatoms. The number of aromatic nitrogens is 1. The molecular weight excluding hydrogens is 415 g/mol. The first-order valence-corrected chi connectivity index (χ1v) is 9.12. The first-order valence-electron chi connectivity index (χ1n) is 8.71. The molecule has 0 saturated carbocycles. The van der Waals surface area contributed by atoms with Crippen LogP contribution in [0.25, 0.3) is 0 Å². The highest BCUT2D eigenvalue weighted by Crippen LogP contribution is 2.33. The summed E-state index contributed by atoms with van der Waals surface area (Å²) in [6.07, 6.45) is -3.03. The van der Waals surface area contributed by atoms with Gasteiger partial charge in [-0.2, -0.15) is 13.2 Å². The van der Waals surface area contributed by atoms with Crippen LogP contribution in [0.5, 0.6) is 11.6 Å². The van der Waals surface area contributed by atoms with E-state index in [1.807, 2.05) is 0 Å². The normalized spacial score (nSPS) is 10.9. The van der Waals surface area contributed by atoms with Gasteiger partial charge in [-0.05, 0) is 73.7 Å². The summed E-state index contributed by atoms with van der Waals surface area (Å²) in [6, 6.07) is 14.5. The second kappa shape index (κ2) is 8.91. The molecule has 3 rings (SSSR count). The van der Waals surface area contributed by atoms with Crippen molar-refractivity contribution in [2.24, 2.45) is 0 Å². The number of carbonyl (C=O) groups is 1. The molecule has 0 atom stereocenters. The zero-order valence-electron chi connectivity index (χ0n) is 15.7. The summed E-state index contributed by atoms with van der Waals surface area (Å²) in [7, 11) is 0. The van der Waals surface area contributed by atoms with Crippen molar-refractivity contribution in [2.45, 2.75) is 13.1 Å². The van der Waals surface area contributed by atoms with E-state index < -0.39 is 11.7 Å². The number of pyridine rings is 1. The fourth-order valence-electron chi connectivity index (χ4n) is 2.49. The lowest BCUT2D eigenvalue weighted by Crippen LogP contribution is -2.19. The van der Waals surface area contributed by atoms with E-state index >= 15 is 0 Å². The van der Waals surface area contributed by atoms with Gasteiger partial charge in [0.2, 0.25) is 5.88 Å². The van der Waals surface area contributed by atoms with Gasteiger partial charge < -0.3 is 15.4 Å². The molecule has 0 aliphatic heterocycles. The first kappa shape index (κ1) is 21.3.